The zero-order valence-corrected chi connectivity index (χ0v) is 16.4. The molecule has 0 spiro atoms. The number of aromatic hydroxyl groups is 1. The van der Waals surface area contributed by atoms with Crippen molar-refractivity contribution in [1.29, 1.82) is 0 Å². The number of rotatable bonds is 12. The van der Waals surface area contributed by atoms with Crippen molar-refractivity contribution in [2.75, 3.05) is 6.61 Å². The minimum Gasteiger partial charge on any atom is -0.508 e. The predicted molar refractivity (Wildman–Crippen MR) is 104 cm³/mol. The lowest BCUT2D eigenvalue weighted by atomic mass is 9.86. The fourth-order valence-corrected chi connectivity index (χ4v) is 3.02. The molecular weight excluding hydrogens is 296 g/mol. The normalized spacial score (nSPS) is 11.7. The summed E-state index contributed by atoms with van der Waals surface area (Å²) in [6.45, 7) is 9.53. The third-order valence-corrected chi connectivity index (χ3v) is 4.53. The van der Waals surface area contributed by atoms with Crippen molar-refractivity contribution in [2.45, 2.75) is 97.3 Å². The van der Waals surface area contributed by atoms with Gasteiger partial charge in [-0.1, -0.05) is 91.5 Å². The number of hydrogen-bond acceptors (Lipinski definition) is 2. The van der Waals surface area contributed by atoms with Crippen LogP contribution >= 0.6 is 0 Å². The summed E-state index contributed by atoms with van der Waals surface area (Å²) in [6.07, 6.45) is 13.3. The van der Waals surface area contributed by atoms with Gasteiger partial charge in [0.25, 0.3) is 0 Å². The van der Waals surface area contributed by atoms with Gasteiger partial charge in [0.15, 0.2) is 0 Å². The minimum absolute atomic E-state index is 0.0286. The van der Waals surface area contributed by atoms with Gasteiger partial charge >= 0.3 is 0 Å². The summed E-state index contributed by atoms with van der Waals surface area (Å²) in [6, 6.07) is 5.47. The molecule has 1 N–H and O–H groups in total. The van der Waals surface area contributed by atoms with Gasteiger partial charge in [-0.15, -0.1) is 0 Å². The molecule has 0 amide bonds. The number of benzene rings is 1. The van der Waals surface area contributed by atoms with E-state index in [-0.39, 0.29) is 11.2 Å². The molecule has 1 aromatic rings. The molecular formula is C22H38O2. The van der Waals surface area contributed by atoms with E-state index in [1.54, 1.807) is 12.1 Å². The van der Waals surface area contributed by atoms with E-state index in [9.17, 15) is 5.11 Å². The molecule has 0 aromatic heterocycles. The molecule has 0 aliphatic carbocycles. The van der Waals surface area contributed by atoms with Crippen LogP contribution in [0.15, 0.2) is 18.2 Å². The topological polar surface area (TPSA) is 29.5 Å². The fraction of sp³-hybridized carbons (Fsp3) is 0.727. The zero-order valence-electron chi connectivity index (χ0n) is 16.4. The van der Waals surface area contributed by atoms with Crippen LogP contribution in [0.5, 0.6) is 11.5 Å². The number of phenols is 1. The van der Waals surface area contributed by atoms with E-state index < -0.39 is 0 Å². The first-order chi connectivity index (χ1) is 11.4. The highest BCUT2D eigenvalue weighted by Gasteiger charge is 2.19. The Morgan fingerprint density at radius 2 is 1.38 bits per heavy atom. The molecule has 1 rings (SSSR count). The van der Waals surface area contributed by atoms with Crippen molar-refractivity contribution in [2.24, 2.45) is 0 Å². The summed E-state index contributed by atoms with van der Waals surface area (Å²) < 4.78 is 5.96. The SMILES string of the molecule is CCCCCCCCCCCCOc1cc(O)ccc1C(C)(C)C. The third kappa shape index (κ3) is 8.61. The maximum absolute atomic E-state index is 9.70. The van der Waals surface area contributed by atoms with Gasteiger partial charge in [0, 0.05) is 6.07 Å². The Hall–Kier alpha value is -1.18. The lowest BCUT2D eigenvalue weighted by Crippen LogP contribution is -2.13. The number of ether oxygens (including phenoxy) is 1. The van der Waals surface area contributed by atoms with E-state index in [0.717, 1.165) is 24.3 Å². The number of hydrogen-bond donors (Lipinski definition) is 1. The maximum Gasteiger partial charge on any atom is 0.126 e. The fourth-order valence-electron chi connectivity index (χ4n) is 3.02. The van der Waals surface area contributed by atoms with Crippen molar-refractivity contribution in [1.82, 2.24) is 0 Å². The van der Waals surface area contributed by atoms with E-state index in [1.165, 1.54) is 57.8 Å². The first kappa shape index (κ1) is 20.9. The van der Waals surface area contributed by atoms with Gasteiger partial charge in [0.1, 0.15) is 11.5 Å². The van der Waals surface area contributed by atoms with Crippen molar-refractivity contribution in [3.05, 3.63) is 23.8 Å². The van der Waals surface area contributed by atoms with E-state index >= 15 is 0 Å². The Labute approximate surface area is 149 Å². The molecule has 1 aromatic carbocycles. The summed E-state index contributed by atoms with van der Waals surface area (Å²) >= 11 is 0. The molecule has 0 saturated heterocycles. The van der Waals surface area contributed by atoms with Gasteiger partial charge in [-0.25, -0.2) is 0 Å². The van der Waals surface area contributed by atoms with E-state index in [2.05, 4.69) is 27.7 Å². The van der Waals surface area contributed by atoms with Gasteiger partial charge in [-0.3, -0.25) is 0 Å². The molecule has 138 valence electrons. The molecule has 2 heteroatoms. The second-order valence-electron chi connectivity index (χ2n) is 7.96. The van der Waals surface area contributed by atoms with Gasteiger partial charge in [-0.2, -0.15) is 0 Å². The van der Waals surface area contributed by atoms with Gasteiger partial charge < -0.3 is 9.84 Å². The van der Waals surface area contributed by atoms with Gasteiger partial charge in [0.2, 0.25) is 0 Å². The Kier molecular flexibility index (Phi) is 9.90. The van der Waals surface area contributed by atoms with Gasteiger partial charge in [0.05, 0.1) is 6.61 Å². The quantitative estimate of drug-likeness (QED) is 0.417. The predicted octanol–water partition coefficient (Wildman–Crippen LogP) is 6.99. The summed E-state index contributed by atoms with van der Waals surface area (Å²) in [5.41, 5.74) is 1.19. The second kappa shape index (κ2) is 11.4. The van der Waals surface area contributed by atoms with Crippen LogP contribution < -0.4 is 4.74 Å². The van der Waals surface area contributed by atoms with Crippen LogP contribution in [0, 0.1) is 0 Å². The van der Waals surface area contributed by atoms with Crippen LogP contribution in [0.2, 0.25) is 0 Å². The molecule has 0 aliphatic rings. The first-order valence-corrected chi connectivity index (χ1v) is 9.91. The zero-order chi connectivity index (χ0) is 17.8. The van der Waals surface area contributed by atoms with Crippen molar-refractivity contribution >= 4 is 0 Å². The third-order valence-electron chi connectivity index (χ3n) is 4.53. The van der Waals surface area contributed by atoms with Crippen molar-refractivity contribution in [3.8, 4) is 11.5 Å². The van der Waals surface area contributed by atoms with E-state index in [0.29, 0.717) is 0 Å². The summed E-state index contributed by atoms with van der Waals surface area (Å²) in [7, 11) is 0. The van der Waals surface area contributed by atoms with Crippen LogP contribution in [0.25, 0.3) is 0 Å². The molecule has 0 saturated carbocycles. The van der Waals surface area contributed by atoms with Crippen molar-refractivity contribution < 1.29 is 9.84 Å². The molecule has 0 heterocycles. The Morgan fingerprint density at radius 1 is 0.833 bits per heavy atom. The molecule has 0 radical (unpaired) electrons. The highest BCUT2D eigenvalue weighted by Crippen LogP contribution is 2.34. The summed E-state index contributed by atoms with van der Waals surface area (Å²) in [5.74, 6) is 1.11. The molecule has 24 heavy (non-hydrogen) atoms. The minimum atomic E-state index is 0.0286. The first-order valence-electron chi connectivity index (χ1n) is 9.91. The van der Waals surface area contributed by atoms with Crippen LogP contribution in [0.4, 0.5) is 0 Å². The standard InChI is InChI=1S/C22H38O2/c1-5-6-7-8-9-10-11-12-13-14-17-24-21-18-19(23)15-16-20(21)22(2,3)4/h15-16,18,23H,5-14,17H2,1-4H3. The molecule has 0 unspecified atom stereocenters. The highest BCUT2D eigenvalue weighted by molar-refractivity contribution is 5.43. The maximum atomic E-state index is 9.70. The summed E-state index contributed by atoms with van der Waals surface area (Å²) in [5, 5.41) is 9.70. The average molecular weight is 335 g/mol. The van der Waals surface area contributed by atoms with Crippen LogP contribution in [-0.4, -0.2) is 11.7 Å². The second-order valence-corrected chi connectivity index (χ2v) is 7.96. The highest BCUT2D eigenvalue weighted by atomic mass is 16.5. The number of phenolic OH excluding ortho intramolecular Hbond substituents is 1. The molecule has 0 fully saturated rings. The Morgan fingerprint density at radius 3 is 1.92 bits per heavy atom. The van der Waals surface area contributed by atoms with Crippen LogP contribution in [0.1, 0.15) is 97.5 Å². The van der Waals surface area contributed by atoms with E-state index in [4.69, 9.17) is 4.74 Å². The van der Waals surface area contributed by atoms with Gasteiger partial charge in [-0.05, 0) is 23.5 Å². The molecule has 0 atom stereocenters. The largest absolute Gasteiger partial charge is 0.508 e. The molecule has 0 bridgehead atoms. The monoisotopic (exact) mass is 334 g/mol. The average Bonchev–Trinajstić information content (AvgIpc) is 2.51. The lowest BCUT2D eigenvalue weighted by Gasteiger charge is -2.23. The molecule has 0 aliphatic heterocycles. The Balaban J connectivity index is 2.16. The van der Waals surface area contributed by atoms with Crippen LogP contribution in [0.3, 0.4) is 0 Å². The van der Waals surface area contributed by atoms with Crippen LogP contribution in [-0.2, 0) is 5.41 Å². The Bertz CT molecular complexity index is 446. The van der Waals surface area contributed by atoms with E-state index in [1.807, 2.05) is 6.07 Å². The van der Waals surface area contributed by atoms with Crippen molar-refractivity contribution in [3.63, 3.8) is 0 Å². The number of unbranched alkanes of at least 4 members (excludes halogenated alkanes) is 9. The molecule has 2 nitrogen and oxygen atoms in total. The lowest BCUT2D eigenvalue weighted by molar-refractivity contribution is 0.295. The smallest absolute Gasteiger partial charge is 0.126 e. The summed E-state index contributed by atoms with van der Waals surface area (Å²) in [4.78, 5) is 0.